The van der Waals surface area contributed by atoms with Crippen LogP contribution in [-0.4, -0.2) is 6.04 Å². The van der Waals surface area contributed by atoms with Gasteiger partial charge in [-0.2, -0.15) is 0 Å². The first-order valence-corrected chi connectivity index (χ1v) is 5.18. The van der Waals surface area contributed by atoms with Crippen LogP contribution >= 0.6 is 0 Å². The molecule has 2 rings (SSSR count). The molecule has 1 heteroatoms. The van der Waals surface area contributed by atoms with Gasteiger partial charge in [0.05, 0.1) is 0 Å². The summed E-state index contributed by atoms with van der Waals surface area (Å²) in [6, 6.07) is 9.09. The fraction of sp³-hybridized carbons (Fsp3) is 0.385. The Kier molecular flexibility index (Phi) is 2.74. The molecule has 1 heterocycles. The molecule has 0 spiro atoms. The van der Waals surface area contributed by atoms with E-state index in [1.807, 2.05) is 0 Å². The van der Waals surface area contributed by atoms with Crippen molar-refractivity contribution in [2.24, 2.45) is 0 Å². The third-order valence-corrected chi connectivity index (χ3v) is 2.78. The summed E-state index contributed by atoms with van der Waals surface area (Å²) in [6.07, 6.45) is 9.61. The van der Waals surface area contributed by atoms with Crippen molar-refractivity contribution in [3.63, 3.8) is 0 Å². The van der Waals surface area contributed by atoms with Gasteiger partial charge >= 0.3 is 0 Å². The van der Waals surface area contributed by atoms with E-state index in [0.717, 1.165) is 12.8 Å². The van der Waals surface area contributed by atoms with E-state index in [-0.39, 0.29) is 0 Å². The largest absolute Gasteiger partial charge is 0.382 e. The second-order valence-corrected chi connectivity index (χ2v) is 3.78. The second-order valence-electron chi connectivity index (χ2n) is 3.78. The van der Waals surface area contributed by atoms with Gasteiger partial charge in [-0.05, 0) is 30.9 Å². The summed E-state index contributed by atoms with van der Waals surface area (Å²) in [6.45, 7) is 0. The van der Waals surface area contributed by atoms with Gasteiger partial charge in [0.1, 0.15) is 0 Å². The van der Waals surface area contributed by atoms with Crippen molar-refractivity contribution in [1.82, 2.24) is 0 Å². The van der Waals surface area contributed by atoms with E-state index < -0.39 is 0 Å². The average Bonchev–Trinajstić information content (AvgIpc) is 2.26. The zero-order valence-corrected chi connectivity index (χ0v) is 8.29. The van der Waals surface area contributed by atoms with Crippen LogP contribution in [0, 0.1) is 12.3 Å². The van der Waals surface area contributed by atoms with Gasteiger partial charge < -0.3 is 5.32 Å². The number of hydrogen-bond acceptors (Lipinski definition) is 1. The standard InChI is InChI=1S/C13H15N/c1-2-3-7-12-10-9-11-6-4-5-8-13(11)14-12/h1,4-6,8,12,14H,3,7,9-10H2. The molecule has 1 aliphatic heterocycles. The lowest BCUT2D eigenvalue weighted by Gasteiger charge is -2.26. The van der Waals surface area contributed by atoms with Crippen LogP contribution in [0.4, 0.5) is 5.69 Å². The highest BCUT2D eigenvalue weighted by Gasteiger charge is 2.15. The van der Waals surface area contributed by atoms with Gasteiger partial charge in [0, 0.05) is 18.2 Å². The Labute approximate surface area is 85.5 Å². The lowest BCUT2D eigenvalue weighted by atomic mass is 9.95. The second kappa shape index (κ2) is 4.19. The first-order chi connectivity index (χ1) is 6.90. The van der Waals surface area contributed by atoms with Crippen LogP contribution in [0.5, 0.6) is 0 Å². The number of anilines is 1. The Morgan fingerprint density at radius 3 is 3.14 bits per heavy atom. The monoisotopic (exact) mass is 185 g/mol. The number of fused-ring (bicyclic) bond motifs is 1. The molecular weight excluding hydrogens is 170 g/mol. The molecule has 1 unspecified atom stereocenters. The molecule has 0 fully saturated rings. The molecule has 1 aliphatic rings. The van der Waals surface area contributed by atoms with E-state index >= 15 is 0 Å². The van der Waals surface area contributed by atoms with Crippen LogP contribution in [0.3, 0.4) is 0 Å². The van der Waals surface area contributed by atoms with E-state index in [1.54, 1.807) is 0 Å². The van der Waals surface area contributed by atoms with Crippen molar-refractivity contribution < 1.29 is 0 Å². The molecular formula is C13H15N. The Balaban J connectivity index is 2.03. The highest BCUT2D eigenvalue weighted by molar-refractivity contribution is 5.53. The van der Waals surface area contributed by atoms with Gasteiger partial charge in [-0.1, -0.05) is 18.2 Å². The fourth-order valence-electron chi connectivity index (χ4n) is 1.98. The molecule has 1 nitrogen and oxygen atoms in total. The SMILES string of the molecule is C#CCCC1CCc2ccccc2N1. The Hall–Kier alpha value is -1.42. The maximum absolute atomic E-state index is 5.26. The van der Waals surface area contributed by atoms with Crippen LogP contribution in [0.2, 0.25) is 0 Å². The van der Waals surface area contributed by atoms with Crippen molar-refractivity contribution in [2.75, 3.05) is 5.32 Å². The maximum Gasteiger partial charge on any atom is 0.0374 e. The lowest BCUT2D eigenvalue weighted by Crippen LogP contribution is -2.25. The maximum atomic E-state index is 5.26. The Bertz CT molecular complexity index is 348. The van der Waals surface area contributed by atoms with E-state index in [1.165, 1.54) is 24.1 Å². The molecule has 0 aliphatic carbocycles. The van der Waals surface area contributed by atoms with E-state index in [2.05, 4.69) is 35.5 Å². The minimum absolute atomic E-state index is 0.570. The molecule has 0 radical (unpaired) electrons. The van der Waals surface area contributed by atoms with Crippen LogP contribution in [0.1, 0.15) is 24.8 Å². The van der Waals surface area contributed by atoms with Crippen LogP contribution in [0.15, 0.2) is 24.3 Å². The summed E-state index contributed by atoms with van der Waals surface area (Å²) >= 11 is 0. The smallest absolute Gasteiger partial charge is 0.0374 e. The van der Waals surface area contributed by atoms with Crippen LogP contribution in [0.25, 0.3) is 0 Å². The molecule has 0 aromatic heterocycles. The Morgan fingerprint density at radius 1 is 1.43 bits per heavy atom. The molecule has 0 saturated carbocycles. The van der Waals surface area contributed by atoms with E-state index in [9.17, 15) is 0 Å². The predicted octanol–water partition coefficient (Wildman–Crippen LogP) is 2.83. The molecule has 1 aromatic rings. The molecule has 1 N–H and O–H groups in total. The zero-order chi connectivity index (χ0) is 9.80. The molecule has 1 aromatic carbocycles. The third kappa shape index (κ3) is 1.90. The summed E-state index contributed by atoms with van der Waals surface area (Å²) in [5.74, 6) is 2.70. The zero-order valence-electron chi connectivity index (χ0n) is 8.29. The number of nitrogens with one attached hydrogen (secondary N) is 1. The van der Waals surface area contributed by atoms with Crippen molar-refractivity contribution >= 4 is 5.69 Å². The van der Waals surface area contributed by atoms with Crippen molar-refractivity contribution in [3.8, 4) is 12.3 Å². The molecule has 72 valence electrons. The molecule has 0 amide bonds. The van der Waals surface area contributed by atoms with Gasteiger partial charge in [0.15, 0.2) is 0 Å². The summed E-state index contributed by atoms with van der Waals surface area (Å²) in [5, 5.41) is 3.54. The molecule has 0 bridgehead atoms. The molecule has 14 heavy (non-hydrogen) atoms. The van der Waals surface area contributed by atoms with Crippen LogP contribution in [-0.2, 0) is 6.42 Å². The number of para-hydroxylation sites is 1. The summed E-state index contributed by atoms with van der Waals surface area (Å²) in [5.41, 5.74) is 2.73. The highest BCUT2D eigenvalue weighted by Crippen LogP contribution is 2.25. The van der Waals surface area contributed by atoms with E-state index in [0.29, 0.717) is 6.04 Å². The quantitative estimate of drug-likeness (QED) is 0.699. The summed E-state index contributed by atoms with van der Waals surface area (Å²) in [7, 11) is 0. The predicted molar refractivity (Wildman–Crippen MR) is 60.2 cm³/mol. The molecule has 1 atom stereocenters. The first kappa shape index (κ1) is 9.15. The van der Waals surface area contributed by atoms with E-state index in [4.69, 9.17) is 6.42 Å². The normalized spacial score (nSPS) is 19.2. The van der Waals surface area contributed by atoms with Gasteiger partial charge in [-0.15, -0.1) is 12.3 Å². The van der Waals surface area contributed by atoms with Gasteiger partial charge in [0.2, 0.25) is 0 Å². The molecule has 0 saturated heterocycles. The summed E-state index contributed by atoms with van der Waals surface area (Å²) < 4.78 is 0. The van der Waals surface area contributed by atoms with Crippen molar-refractivity contribution in [3.05, 3.63) is 29.8 Å². The minimum Gasteiger partial charge on any atom is -0.382 e. The van der Waals surface area contributed by atoms with Gasteiger partial charge in [-0.3, -0.25) is 0 Å². The van der Waals surface area contributed by atoms with Crippen molar-refractivity contribution in [1.29, 1.82) is 0 Å². The highest BCUT2D eigenvalue weighted by atomic mass is 14.9. The number of rotatable bonds is 2. The van der Waals surface area contributed by atoms with Crippen molar-refractivity contribution in [2.45, 2.75) is 31.7 Å². The first-order valence-electron chi connectivity index (χ1n) is 5.18. The Morgan fingerprint density at radius 2 is 2.29 bits per heavy atom. The fourth-order valence-corrected chi connectivity index (χ4v) is 1.98. The number of hydrogen-bond donors (Lipinski definition) is 1. The topological polar surface area (TPSA) is 12.0 Å². The minimum atomic E-state index is 0.570. The van der Waals surface area contributed by atoms with Gasteiger partial charge in [0.25, 0.3) is 0 Å². The summed E-state index contributed by atoms with van der Waals surface area (Å²) in [4.78, 5) is 0. The lowest BCUT2D eigenvalue weighted by molar-refractivity contribution is 0.596. The number of terminal acetylenes is 1. The van der Waals surface area contributed by atoms with Crippen LogP contribution < -0.4 is 5.32 Å². The average molecular weight is 185 g/mol. The number of aryl methyl sites for hydroxylation is 1. The third-order valence-electron chi connectivity index (χ3n) is 2.78. The van der Waals surface area contributed by atoms with Gasteiger partial charge in [-0.25, -0.2) is 0 Å². The number of benzene rings is 1.